The number of carbonyl (C=O) groups is 2. The monoisotopic (exact) mass is 299 g/mol. The number of rotatable bonds is 9. The van der Waals surface area contributed by atoms with Crippen molar-refractivity contribution in [3.63, 3.8) is 0 Å². The van der Waals surface area contributed by atoms with Crippen LogP contribution in [0.1, 0.15) is 39.5 Å². The van der Waals surface area contributed by atoms with Crippen LogP contribution in [0.15, 0.2) is 0 Å². The van der Waals surface area contributed by atoms with Crippen molar-refractivity contribution in [2.24, 2.45) is 5.92 Å². The zero-order chi connectivity index (χ0) is 15.5. The number of amides is 2. The lowest BCUT2D eigenvalue weighted by Gasteiger charge is -2.29. The first kappa shape index (κ1) is 17.9. The summed E-state index contributed by atoms with van der Waals surface area (Å²) < 4.78 is 5.41. The average Bonchev–Trinajstić information content (AvgIpc) is 2.42. The standard InChI is InChI=1S/C15H29N3O3/c1-12(19)17-8-10-21-9-7-16-11-14-3-5-15(6-4-14)18-13(2)20/h14-16H,3-11H2,1-2H3,(H,17,19)(H,18,20). The molecule has 0 aliphatic heterocycles. The van der Waals surface area contributed by atoms with Crippen molar-refractivity contribution in [1.82, 2.24) is 16.0 Å². The summed E-state index contributed by atoms with van der Waals surface area (Å²) in [4.78, 5) is 21.6. The quantitative estimate of drug-likeness (QED) is 0.539. The predicted octanol–water partition coefficient (Wildman–Crippen LogP) is 0.424. The number of hydrogen-bond acceptors (Lipinski definition) is 4. The van der Waals surface area contributed by atoms with Gasteiger partial charge in [-0.15, -0.1) is 0 Å². The third-order valence-corrected chi connectivity index (χ3v) is 3.73. The van der Waals surface area contributed by atoms with E-state index in [2.05, 4.69) is 16.0 Å². The molecule has 21 heavy (non-hydrogen) atoms. The number of hydrogen-bond donors (Lipinski definition) is 3. The lowest BCUT2D eigenvalue weighted by molar-refractivity contribution is -0.120. The Kier molecular flexibility index (Phi) is 9.01. The summed E-state index contributed by atoms with van der Waals surface area (Å²) in [5, 5.41) is 9.10. The first-order valence-corrected chi connectivity index (χ1v) is 7.88. The van der Waals surface area contributed by atoms with Gasteiger partial charge < -0.3 is 20.7 Å². The largest absolute Gasteiger partial charge is 0.378 e. The summed E-state index contributed by atoms with van der Waals surface area (Å²) in [5.41, 5.74) is 0. The minimum absolute atomic E-state index is 0.0217. The molecule has 6 nitrogen and oxygen atoms in total. The van der Waals surface area contributed by atoms with Crippen molar-refractivity contribution in [2.45, 2.75) is 45.6 Å². The van der Waals surface area contributed by atoms with E-state index in [9.17, 15) is 9.59 Å². The molecule has 0 bridgehead atoms. The summed E-state index contributed by atoms with van der Waals surface area (Å²) >= 11 is 0. The van der Waals surface area contributed by atoms with Crippen LogP contribution < -0.4 is 16.0 Å². The van der Waals surface area contributed by atoms with Crippen LogP contribution in [0.5, 0.6) is 0 Å². The minimum Gasteiger partial charge on any atom is -0.378 e. The van der Waals surface area contributed by atoms with Crippen LogP contribution in [0.25, 0.3) is 0 Å². The fraction of sp³-hybridized carbons (Fsp3) is 0.867. The van der Waals surface area contributed by atoms with Crippen molar-refractivity contribution in [1.29, 1.82) is 0 Å². The average molecular weight is 299 g/mol. The fourth-order valence-corrected chi connectivity index (χ4v) is 2.65. The summed E-state index contributed by atoms with van der Waals surface area (Å²) in [6.07, 6.45) is 4.50. The Hall–Kier alpha value is -1.14. The van der Waals surface area contributed by atoms with Gasteiger partial charge in [0.25, 0.3) is 0 Å². The van der Waals surface area contributed by atoms with E-state index >= 15 is 0 Å². The van der Waals surface area contributed by atoms with Gasteiger partial charge in [-0.1, -0.05) is 0 Å². The Labute approximate surface area is 127 Å². The Morgan fingerprint density at radius 2 is 1.67 bits per heavy atom. The molecule has 1 fully saturated rings. The normalized spacial score (nSPS) is 21.8. The summed E-state index contributed by atoms with van der Waals surface area (Å²) in [5.74, 6) is 0.758. The van der Waals surface area contributed by atoms with E-state index in [0.717, 1.165) is 25.9 Å². The van der Waals surface area contributed by atoms with E-state index in [0.29, 0.717) is 31.7 Å². The number of nitrogens with one attached hydrogen (secondary N) is 3. The molecule has 0 aromatic rings. The fourth-order valence-electron chi connectivity index (χ4n) is 2.65. The molecular formula is C15H29N3O3. The van der Waals surface area contributed by atoms with Crippen LogP contribution in [-0.4, -0.2) is 50.7 Å². The highest BCUT2D eigenvalue weighted by Gasteiger charge is 2.20. The molecule has 0 saturated heterocycles. The third kappa shape index (κ3) is 9.42. The second-order valence-electron chi connectivity index (χ2n) is 5.72. The van der Waals surface area contributed by atoms with Crippen molar-refractivity contribution < 1.29 is 14.3 Å². The molecule has 0 unspecified atom stereocenters. The van der Waals surface area contributed by atoms with E-state index in [1.54, 1.807) is 6.92 Å². The summed E-state index contributed by atoms with van der Waals surface area (Å²) in [6, 6.07) is 0.371. The predicted molar refractivity (Wildman–Crippen MR) is 81.9 cm³/mol. The highest BCUT2D eigenvalue weighted by Crippen LogP contribution is 2.23. The molecule has 1 aliphatic rings. The SMILES string of the molecule is CC(=O)NCCOCCNCC1CCC(NC(C)=O)CC1. The molecule has 0 spiro atoms. The van der Waals surface area contributed by atoms with Gasteiger partial charge in [-0.2, -0.15) is 0 Å². The van der Waals surface area contributed by atoms with Crippen LogP contribution >= 0.6 is 0 Å². The molecule has 1 rings (SSSR count). The topological polar surface area (TPSA) is 79.5 Å². The van der Waals surface area contributed by atoms with E-state index < -0.39 is 0 Å². The molecule has 1 saturated carbocycles. The maximum Gasteiger partial charge on any atom is 0.217 e. The van der Waals surface area contributed by atoms with Gasteiger partial charge in [-0.3, -0.25) is 9.59 Å². The second-order valence-corrected chi connectivity index (χ2v) is 5.72. The molecule has 0 heterocycles. The van der Waals surface area contributed by atoms with Crippen LogP contribution in [0, 0.1) is 5.92 Å². The second kappa shape index (κ2) is 10.6. The van der Waals surface area contributed by atoms with Crippen LogP contribution in [-0.2, 0) is 14.3 Å². The Morgan fingerprint density at radius 1 is 1.00 bits per heavy atom. The van der Waals surface area contributed by atoms with Gasteiger partial charge in [-0.25, -0.2) is 0 Å². The van der Waals surface area contributed by atoms with Crippen LogP contribution in [0.4, 0.5) is 0 Å². The van der Waals surface area contributed by atoms with Crippen molar-refractivity contribution in [2.75, 3.05) is 32.8 Å². The molecule has 6 heteroatoms. The first-order valence-electron chi connectivity index (χ1n) is 7.88. The van der Waals surface area contributed by atoms with Gasteiger partial charge >= 0.3 is 0 Å². The van der Waals surface area contributed by atoms with Gasteiger partial charge in [0.1, 0.15) is 0 Å². The molecule has 0 aromatic heterocycles. The molecule has 1 aliphatic carbocycles. The molecule has 0 radical (unpaired) electrons. The Balaban J connectivity index is 1.90. The van der Waals surface area contributed by atoms with Crippen LogP contribution in [0.3, 0.4) is 0 Å². The van der Waals surface area contributed by atoms with Crippen molar-refractivity contribution in [3.05, 3.63) is 0 Å². The minimum atomic E-state index is -0.0217. The molecule has 0 atom stereocenters. The maximum atomic E-state index is 11.0. The molecule has 3 N–H and O–H groups in total. The summed E-state index contributed by atoms with van der Waals surface area (Å²) in [6.45, 7) is 6.74. The third-order valence-electron chi connectivity index (χ3n) is 3.73. The highest BCUT2D eigenvalue weighted by atomic mass is 16.5. The highest BCUT2D eigenvalue weighted by molar-refractivity contribution is 5.73. The van der Waals surface area contributed by atoms with Crippen molar-refractivity contribution >= 4 is 11.8 Å². The van der Waals surface area contributed by atoms with Gasteiger partial charge in [0.15, 0.2) is 0 Å². The molecule has 0 aromatic carbocycles. The zero-order valence-electron chi connectivity index (χ0n) is 13.2. The number of carbonyl (C=O) groups excluding carboxylic acids is 2. The lowest BCUT2D eigenvalue weighted by atomic mass is 9.86. The van der Waals surface area contributed by atoms with Crippen molar-refractivity contribution in [3.8, 4) is 0 Å². The Morgan fingerprint density at radius 3 is 2.29 bits per heavy atom. The smallest absolute Gasteiger partial charge is 0.217 e. The van der Waals surface area contributed by atoms with E-state index in [4.69, 9.17) is 4.74 Å². The molecule has 122 valence electrons. The first-order chi connectivity index (χ1) is 10.1. The van der Waals surface area contributed by atoms with E-state index in [1.807, 2.05) is 0 Å². The lowest BCUT2D eigenvalue weighted by Crippen LogP contribution is -2.38. The van der Waals surface area contributed by atoms with Gasteiger partial charge in [0, 0.05) is 33.0 Å². The molecule has 2 amide bonds. The molecular weight excluding hydrogens is 270 g/mol. The summed E-state index contributed by atoms with van der Waals surface area (Å²) in [7, 11) is 0. The van der Waals surface area contributed by atoms with Gasteiger partial charge in [-0.05, 0) is 38.1 Å². The number of ether oxygens (including phenoxy) is 1. The maximum absolute atomic E-state index is 11.0. The zero-order valence-corrected chi connectivity index (χ0v) is 13.2. The van der Waals surface area contributed by atoms with E-state index in [1.165, 1.54) is 19.8 Å². The van der Waals surface area contributed by atoms with Crippen LogP contribution in [0.2, 0.25) is 0 Å². The Bertz CT molecular complexity index is 315. The van der Waals surface area contributed by atoms with Gasteiger partial charge in [0.05, 0.1) is 13.2 Å². The van der Waals surface area contributed by atoms with Gasteiger partial charge in [0.2, 0.25) is 11.8 Å². The van der Waals surface area contributed by atoms with E-state index in [-0.39, 0.29) is 11.8 Å².